The number of nitrogens with one attached hydrogen (secondary N) is 1. The average molecular weight is 325 g/mol. The molecule has 3 rings (SSSR count). The topological polar surface area (TPSA) is 37.4 Å². The van der Waals surface area contributed by atoms with Gasteiger partial charge in [0.05, 0.1) is 12.8 Å². The van der Waals surface area contributed by atoms with Crippen LogP contribution < -0.4 is 10.1 Å². The number of aromatic nitrogens is 1. The minimum Gasteiger partial charge on any atom is -0.496 e. The molecule has 0 radical (unpaired) electrons. The Bertz CT molecular complexity index is 609. The van der Waals surface area contributed by atoms with Crippen molar-refractivity contribution in [2.45, 2.75) is 38.4 Å². The van der Waals surface area contributed by atoms with Crippen LogP contribution in [0.25, 0.3) is 0 Å². The Morgan fingerprint density at radius 2 is 1.96 bits per heavy atom. The summed E-state index contributed by atoms with van der Waals surface area (Å²) in [5, 5.41) is 3.52. The van der Waals surface area contributed by atoms with Crippen molar-refractivity contribution in [3.63, 3.8) is 0 Å². The van der Waals surface area contributed by atoms with Gasteiger partial charge in [-0.15, -0.1) is 0 Å². The van der Waals surface area contributed by atoms with Gasteiger partial charge >= 0.3 is 0 Å². The van der Waals surface area contributed by atoms with Gasteiger partial charge in [0, 0.05) is 30.9 Å². The number of pyridine rings is 1. The molecule has 0 unspecified atom stereocenters. The van der Waals surface area contributed by atoms with Gasteiger partial charge < -0.3 is 10.1 Å². The molecular formula is C20H27N3O. The highest BCUT2D eigenvalue weighted by Crippen LogP contribution is 2.24. The van der Waals surface area contributed by atoms with Crippen LogP contribution in [0.4, 0.5) is 0 Å². The lowest BCUT2D eigenvalue weighted by Crippen LogP contribution is -2.35. The summed E-state index contributed by atoms with van der Waals surface area (Å²) in [6.45, 7) is 3.99. The molecule has 0 spiro atoms. The Hall–Kier alpha value is -1.91. The molecule has 1 atom stereocenters. The first kappa shape index (κ1) is 16.9. The summed E-state index contributed by atoms with van der Waals surface area (Å²) >= 11 is 0. The van der Waals surface area contributed by atoms with Crippen LogP contribution in [0.3, 0.4) is 0 Å². The second kappa shape index (κ2) is 8.81. The number of hydrogen-bond acceptors (Lipinski definition) is 4. The van der Waals surface area contributed by atoms with Crippen molar-refractivity contribution in [1.29, 1.82) is 0 Å². The molecule has 1 fully saturated rings. The number of hydrogen-bond donors (Lipinski definition) is 1. The summed E-state index contributed by atoms with van der Waals surface area (Å²) < 4.78 is 5.55. The van der Waals surface area contributed by atoms with E-state index in [1.807, 2.05) is 24.4 Å². The van der Waals surface area contributed by atoms with E-state index in [-0.39, 0.29) is 0 Å². The van der Waals surface area contributed by atoms with Crippen molar-refractivity contribution in [3.05, 3.63) is 59.9 Å². The number of nitrogens with zero attached hydrogens (tertiary/aromatic N) is 2. The van der Waals surface area contributed by atoms with E-state index in [9.17, 15) is 0 Å². The summed E-state index contributed by atoms with van der Waals surface area (Å²) in [5.41, 5.74) is 2.37. The van der Waals surface area contributed by atoms with Gasteiger partial charge in [0.15, 0.2) is 0 Å². The van der Waals surface area contributed by atoms with Crippen molar-refractivity contribution in [2.75, 3.05) is 20.2 Å². The number of para-hydroxylation sites is 1. The zero-order chi connectivity index (χ0) is 16.6. The van der Waals surface area contributed by atoms with Crippen LogP contribution in [0.2, 0.25) is 0 Å². The fourth-order valence-electron chi connectivity index (χ4n) is 3.43. The van der Waals surface area contributed by atoms with Gasteiger partial charge in [-0.2, -0.15) is 0 Å². The SMILES string of the molecule is COc1ccccc1CN(Cc1ccccn1)[C@@H]1CCCNCC1. The molecule has 1 aromatic carbocycles. The standard InChI is InChI=1S/C20H27N3O/c1-24-20-10-3-2-7-17(20)15-23(16-18-8-4-5-13-22-18)19-9-6-12-21-14-11-19/h2-5,7-8,10,13,19,21H,6,9,11-12,14-16H2,1H3/t19-/m1/s1. The molecule has 0 saturated carbocycles. The summed E-state index contributed by atoms with van der Waals surface area (Å²) in [6.07, 6.45) is 5.53. The molecule has 24 heavy (non-hydrogen) atoms. The number of rotatable bonds is 6. The monoisotopic (exact) mass is 325 g/mol. The average Bonchev–Trinajstić information content (AvgIpc) is 2.92. The summed E-state index contributed by atoms with van der Waals surface area (Å²) in [7, 11) is 1.75. The highest BCUT2D eigenvalue weighted by atomic mass is 16.5. The Labute approximate surface area is 144 Å². The molecule has 1 N–H and O–H groups in total. The van der Waals surface area contributed by atoms with E-state index in [0.717, 1.165) is 37.6 Å². The maximum Gasteiger partial charge on any atom is 0.123 e. The molecular weight excluding hydrogens is 298 g/mol. The van der Waals surface area contributed by atoms with Crippen molar-refractivity contribution in [3.8, 4) is 5.75 Å². The fourth-order valence-corrected chi connectivity index (χ4v) is 3.43. The number of methoxy groups -OCH3 is 1. The van der Waals surface area contributed by atoms with Crippen molar-refractivity contribution in [2.24, 2.45) is 0 Å². The Morgan fingerprint density at radius 1 is 1.08 bits per heavy atom. The first-order valence-corrected chi connectivity index (χ1v) is 8.83. The molecule has 4 nitrogen and oxygen atoms in total. The first-order chi connectivity index (χ1) is 11.9. The number of ether oxygens (including phenoxy) is 1. The lowest BCUT2D eigenvalue weighted by Gasteiger charge is -2.31. The van der Waals surface area contributed by atoms with Crippen molar-refractivity contribution in [1.82, 2.24) is 15.2 Å². The molecule has 4 heteroatoms. The molecule has 0 bridgehead atoms. The molecule has 2 aromatic rings. The Kier molecular flexibility index (Phi) is 6.21. The predicted octanol–water partition coefficient (Wildman–Crippen LogP) is 3.23. The fraction of sp³-hybridized carbons (Fsp3) is 0.450. The maximum atomic E-state index is 5.55. The summed E-state index contributed by atoms with van der Waals surface area (Å²) in [5.74, 6) is 0.968. The smallest absolute Gasteiger partial charge is 0.123 e. The van der Waals surface area contributed by atoms with E-state index in [1.54, 1.807) is 7.11 Å². The molecule has 2 heterocycles. The van der Waals surface area contributed by atoms with E-state index < -0.39 is 0 Å². The van der Waals surface area contributed by atoms with E-state index in [1.165, 1.54) is 24.8 Å². The van der Waals surface area contributed by atoms with Crippen LogP contribution in [-0.4, -0.2) is 36.1 Å². The molecule has 128 valence electrons. The van der Waals surface area contributed by atoms with Crippen molar-refractivity contribution < 1.29 is 4.74 Å². The predicted molar refractivity (Wildman–Crippen MR) is 97.0 cm³/mol. The van der Waals surface area contributed by atoms with E-state index in [2.05, 4.69) is 39.5 Å². The largest absolute Gasteiger partial charge is 0.496 e. The maximum absolute atomic E-state index is 5.55. The lowest BCUT2D eigenvalue weighted by atomic mass is 10.0. The molecule has 1 aromatic heterocycles. The van der Waals surface area contributed by atoms with Gasteiger partial charge in [0.2, 0.25) is 0 Å². The van der Waals surface area contributed by atoms with Gasteiger partial charge in [-0.3, -0.25) is 9.88 Å². The molecule has 0 amide bonds. The van der Waals surface area contributed by atoms with Gasteiger partial charge in [0.1, 0.15) is 5.75 Å². The Balaban J connectivity index is 1.80. The molecule has 1 saturated heterocycles. The quantitative estimate of drug-likeness (QED) is 0.885. The first-order valence-electron chi connectivity index (χ1n) is 8.83. The summed E-state index contributed by atoms with van der Waals surface area (Å²) in [6, 6.07) is 15.1. The Morgan fingerprint density at radius 3 is 2.79 bits per heavy atom. The normalized spacial score (nSPS) is 18.3. The lowest BCUT2D eigenvalue weighted by molar-refractivity contribution is 0.160. The van der Waals surface area contributed by atoms with E-state index in [0.29, 0.717) is 6.04 Å². The molecule has 1 aliphatic rings. The van der Waals surface area contributed by atoms with Gasteiger partial charge in [-0.25, -0.2) is 0 Å². The van der Waals surface area contributed by atoms with Gasteiger partial charge in [0.25, 0.3) is 0 Å². The molecule has 1 aliphatic heterocycles. The third-order valence-corrected chi connectivity index (χ3v) is 4.72. The van der Waals surface area contributed by atoms with Gasteiger partial charge in [-0.05, 0) is 50.6 Å². The second-order valence-corrected chi connectivity index (χ2v) is 6.37. The highest BCUT2D eigenvalue weighted by Gasteiger charge is 2.21. The third-order valence-electron chi connectivity index (χ3n) is 4.72. The zero-order valence-corrected chi connectivity index (χ0v) is 14.4. The third kappa shape index (κ3) is 4.56. The van der Waals surface area contributed by atoms with Crippen LogP contribution in [0, 0.1) is 0 Å². The minimum absolute atomic E-state index is 0.576. The van der Waals surface area contributed by atoms with Crippen LogP contribution in [-0.2, 0) is 13.1 Å². The molecule has 0 aliphatic carbocycles. The van der Waals surface area contributed by atoms with E-state index >= 15 is 0 Å². The minimum atomic E-state index is 0.576. The zero-order valence-electron chi connectivity index (χ0n) is 14.4. The van der Waals surface area contributed by atoms with Crippen molar-refractivity contribution >= 4 is 0 Å². The van der Waals surface area contributed by atoms with Crippen LogP contribution in [0.1, 0.15) is 30.5 Å². The number of benzene rings is 1. The van der Waals surface area contributed by atoms with E-state index in [4.69, 9.17) is 4.74 Å². The van der Waals surface area contributed by atoms with Gasteiger partial charge in [-0.1, -0.05) is 24.3 Å². The summed E-state index contributed by atoms with van der Waals surface area (Å²) in [4.78, 5) is 7.10. The highest BCUT2D eigenvalue weighted by molar-refractivity contribution is 5.33. The van der Waals surface area contributed by atoms with Crippen LogP contribution in [0.15, 0.2) is 48.7 Å². The van der Waals surface area contributed by atoms with Crippen LogP contribution in [0.5, 0.6) is 5.75 Å². The van der Waals surface area contributed by atoms with Crippen LogP contribution >= 0.6 is 0 Å². The second-order valence-electron chi connectivity index (χ2n) is 6.37.